The van der Waals surface area contributed by atoms with Crippen LogP contribution in [-0.2, 0) is 23.9 Å². The monoisotopic (exact) mass is 1390 g/mol. The van der Waals surface area contributed by atoms with E-state index in [1.165, 1.54) is 121 Å². The van der Waals surface area contributed by atoms with Crippen molar-refractivity contribution in [3.8, 4) is 0 Å². The predicted molar refractivity (Wildman–Crippen MR) is 381 cm³/mol. The summed E-state index contributed by atoms with van der Waals surface area (Å²) >= 11 is 21.0. The van der Waals surface area contributed by atoms with E-state index in [1.54, 1.807) is 34.0 Å². The van der Waals surface area contributed by atoms with E-state index in [4.69, 9.17) is 21.1 Å². The van der Waals surface area contributed by atoms with Gasteiger partial charge in [0, 0.05) is 17.0 Å². The number of thiol groups is 1. The number of esters is 2. The molecule has 3 heterocycles. The third kappa shape index (κ3) is 47.1. The van der Waals surface area contributed by atoms with Gasteiger partial charge in [-0.15, -0.1) is 11.3 Å². The molecule has 0 bridgehead atoms. The molecule has 0 aliphatic carbocycles. The van der Waals surface area contributed by atoms with Crippen LogP contribution in [-0.4, -0.2) is 29.9 Å². The van der Waals surface area contributed by atoms with Gasteiger partial charge < -0.3 is 14.6 Å². The molecular formula is C69H120BBr2ClNO6S4. The van der Waals surface area contributed by atoms with Gasteiger partial charge in [0.25, 0.3) is 0 Å². The number of thiophene rings is 3. The van der Waals surface area contributed by atoms with Gasteiger partial charge in [-0.25, -0.2) is 0 Å². The van der Waals surface area contributed by atoms with Gasteiger partial charge in [-0.05, 0) is 159 Å². The van der Waals surface area contributed by atoms with Crippen LogP contribution in [0.5, 0.6) is 0 Å². The summed E-state index contributed by atoms with van der Waals surface area (Å²) in [6, 6.07) is 6.23. The van der Waals surface area contributed by atoms with Gasteiger partial charge >= 0.3 is 36.7 Å². The van der Waals surface area contributed by atoms with Crippen molar-refractivity contribution in [2.75, 3.05) is 0 Å². The fourth-order valence-electron chi connectivity index (χ4n) is 9.92. The van der Waals surface area contributed by atoms with Crippen molar-refractivity contribution in [3.05, 3.63) is 64.0 Å². The number of hydrogen-bond acceptors (Lipinski definition) is 11. The second-order valence-electron chi connectivity index (χ2n) is 22.8. The zero-order chi connectivity index (χ0) is 62.9. The molecule has 6 atom stereocenters. The first-order valence-corrected chi connectivity index (χ1v) is 38.6. The molecule has 0 aliphatic rings. The molecule has 0 amide bonds. The van der Waals surface area contributed by atoms with Gasteiger partial charge in [0.1, 0.15) is 12.2 Å². The molecule has 1 radical (unpaired) electrons. The average molecular weight is 1390 g/mol. The molecule has 7 nitrogen and oxygen atoms in total. The standard InChI is InChI=1S/C23H38Br2O2S.C23H40O2S.C12H23ClO.C11H18OS.BHNS/c1-4-7-10-12-15-18(14-9-6-3)23(26)27-20(16-13-11-8-5-2)19-17-21(24)28-22(19)25;1-4-7-10-12-15-20(14-9-6-3)23(24)25-22(16-13-11-8-5-2)21-17-18-26-19-21;1-3-5-7-8-10-11(12(13)14)9-6-4-2;1-2-3-4-5-6-11(12)10-7-8-13-9-10;1-2-3/h17-18,20H,4-16H2,1-3H3;17-20,22H,4-16H2,1-3H3;11H,3-10H2,1-2H3;7-9,11-12H,2-6H2,1H3;3H. The van der Waals surface area contributed by atoms with Crippen LogP contribution >= 0.6 is 90.3 Å². The molecule has 1 N–H and O–H groups in total. The summed E-state index contributed by atoms with van der Waals surface area (Å²) < 4.78 is 17.0. The summed E-state index contributed by atoms with van der Waals surface area (Å²) in [5, 5.41) is 17.9. The maximum absolute atomic E-state index is 13.1. The van der Waals surface area contributed by atoms with Crippen LogP contribution in [0, 0.1) is 17.8 Å². The number of ether oxygens (including phenoxy) is 2. The van der Waals surface area contributed by atoms with Crippen molar-refractivity contribution < 1.29 is 29.0 Å². The molecule has 485 valence electrons. The Morgan fingerprint density at radius 3 is 1.17 bits per heavy atom. The Kier molecular flexibility index (Phi) is 63.2. The Bertz CT molecular complexity index is 1910. The van der Waals surface area contributed by atoms with E-state index in [2.05, 4.69) is 142 Å². The molecule has 3 aromatic heterocycles. The van der Waals surface area contributed by atoms with Crippen LogP contribution in [0.15, 0.2) is 51.6 Å². The van der Waals surface area contributed by atoms with Crippen LogP contribution in [0.1, 0.15) is 348 Å². The van der Waals surface area contributed by atoms with E-state index in [9.17, 15) is 19.5 Å². The first kappa shape index (κ1) is 85.2. The first-order valence-electron chi connectivity index (χ1n) is 33.5. The summed E-state index contributed by atoms with van der Waals surface area (Å²) in [6.45, 7) is 19.8. The molecule has 3 rings (SSSR count). The summed E-state index contributed by atoms with van der Waals surface area (Å²) in [6.07, 6.45) is 44.2. The Labute approximate surface area is 556 Å². The minimum absolute atomic E-state index is 0.0136. The van der Waals surface area contributed by atoms with Crippen molar-refractivity contribution in [2.45, 2.75) is 331 Å². The summed E-state index contributed by atoms with van der Waals surface area (Å²) in [7, 11) is 4.34. The number of aliphatic hydroxyl groups excluding tert-OH is 1. The van der Waals surface area contributed by atoms with Crippen molar-refractivity contribution in [3.63, 3.8) is 0 Å². The quantitative estimate of drug-likeness (QED) is 0.0192. The van der Waals surface area contributed by atoms with Crippen molar-refractivity contribution in [1.82, 2.24) is 0 Å². The number of carbonyl (C=O) groups excluding carboxylic acids is 3. The fraction of sp³-hybridized carbons (Fsp3) is 0.783. The number of aliphatic hydroxyl groups is 1. The Morgan fingerprint density at radius 2 is 0.821 bits per heavy atom. The van der Waals surface area contributed by atoms with Gasteiger partial charge in [0.2, 0.25) is 5.24 Å². The van der Waals surface area contributed by atoms with Gasteiger partial charge in [-0.1, -0.05) is 242 Å². The molecular weight excluding hydrogens is 1270 g/mol. The molecule has 84 heavy (non-hydrogen) atoms. The Morgan fingerprint density at radius 1 is 0.500 bits per heavy atom. The second-order valence-corrected chi connectivity index (χ2v) is 28.7. The summed E-state index contributed by atoms with van der Waals surface area (Å²) in [5.41, 5.74) is 3.38. The SMILES string of the molecule is CCCCCCC(CCCC)C(=O)Cl.CCCCCCC(CCCC)C(=O)OC(CCCCCC)c1cc(Br)sc1Br.CCCCCCC(CCCC)C(=O)OC(CCCCCC)c1ccsc1.CCCCCCC(O)c1ccsc1.[B]=NS. The normalized spacial score (nSPS) is 13.0. The van der Waals surface area contributed by atoms with Crippen LogP contribution in [0.2, 0.25) is 0 Å². The number of nitrogens with zero attached hydrogens (tertiary/aromatic N) is 1. The molecule has 0 aliphatic heterocycles. The number of carbonyl (C=O) groups is 3. The van der Waals surface area contributed by atoms with Gasteiger partial charge in [0.05, 0.1) is 25.5 Å². The molecule has 3 aromatic rings. The number of halogens is 3. The van der Waals surface area contributed by atoms with E-state index in [0.717, 1.165) is 154 Å². The van der Waals surface area contributed by atoms with Crippen LogP contribution in [0.3, 0.4) is 0 Å². The third-order valence-corrected chi connectivity index (χ3v) is 19.4. The molecule has 0 aromatic carbocycles. The topological polar surface area (TPSA) is 102 Å². The fourth-order valence-corrected chi connectivity index (χ4v) is 14.5. The molecule has 0 fully saturated rings. The van der Waals surface area contributed by atoms with Gasteiger partial charge in [-0.3, -0.25) is 14.4 Å². The van der Waals surface area contributed by atoms with Gasteiger partial charge in [0.15, 0.2) is 0 Å². The van der Waals surface area contributed by atoms with Crippen LogP contribution in [0.25, 0.3) is 0 Å². The maximum atomic E-state index is 13.1. The minimum atomic E-state index is -0.233. The Balaban J connectivity index is 0. The molecule has 15 heteroatoms. The molecule has 0 spiro atoms. The summed E-state index contributed by atoms with van der Waals surface area (Å²) in [4.78, 5) is 37.0. The summed E-state index contributed by atoms with van der Waals surface area (Å²) in [5.74, 6) is 0.314. The average Bonchev–Trinajstić information content (AvgIpc) is 4.41. The van der Waals surface area contributed by atoms with Crippen LogP contribution < -0.4 is 0 Å². The van der Waals surface area contributed by atoms with Crippen molar-refractivity contribution >= 4 is 115 Å². The van der Waals surface area contributed by atoms with E-state index in [1.807, 2.05) is 16.8 Å². The van der Waals surface area contributed by atoms with E-state index in [-0.39, 0.29) is 53.2 Å². The molecule has 0 saturated heterocycles. The van der Waals surface area contributed by atoms with E-state index in [0.29, 0.717) is 0 Å². The number of rotatable bonds is 47. The zero-order valence-corrected chi connectivity index (χ0v) is 61.7. The molecule has 0 saturated carbocycles. The predicted octanol–water partition coefficient (Wildman–Crippen LogP) is 26.1. The first-order chi connectivity index (χ1) is 40.7. The van der Waals surface area contributed by atoms with Crippen molar-refractivity contribution in [1.29, 1.82) is 0 Å². The van der Waals surface area contributed by atoms with Gasteiger partial charge in [-0.2, -0.15) is 22.7 Å². The third-order valence-electron chi connectivity index (χ3n) is 15.3. The number of hydrogen-bond donors (Lipinski definition) is 2. The molecule has 6 unspecified atom stereocenters. The zero-order valence-electron chi connectivity index (χ0n) is 54.4. The van der Waals surface area contributed by atoms with E-state index >= 15 is 0 Å². The number of unbranched alkanes of at least 4 members (excludes halogenated alkanes) is 21. The van der Waals surface area contributed by atoms with Crippen molar-refractivity contribution in [2.24, 2.45) is 22.1 Å². The van der Waals surface area contributed by atoms with E-state index < -0.39 is 0 Å². The second kappa shape index (κ2) is 62.3. The van der Waals surface area contributed by atoms with Crippen LogP contribution in [0.4, 0.5) is 0 Å². The Hall–Kier alpha value is -0.865.